The summed E-state index contributed by atoms with van der Waals surface area (Å²) < 4.78 is 2.51. The van der Waals surface area contributed by atoms with Gasteiger partial charge in [0.1, 0.15) is 0 Å². The Morgan fingerprint density at radius 1 is 1.53 bits per heavy atom. The summed E-state index contributed by atoms with van der Waals surface area (Å²) in [6, 6.07) is 5.48. The largest absolute Gasteiger partial charge is 0.293 e. The fourth-order valence-corrected chi connectivity index (χ4v) is 2.71. The Labute approximate surface area is 109 Å². The van der Waals surface area contributed by atoms with Crippen molar-refractivity contribution < 1.29 is 4.79 Å². The number of carbonyl (C=O) groups is 1. The smallest absolute Gasteiger partial charge is 0.178 e. The van der Waals surface area contributed by atoms with Crippen LogP contribution in [0, 0.1) is 6.92 Å². The summed E-state index contributed by atoms with van der Waals surface area (Å²) >= 11 is 7.14. The molecule has 0 saturated heterocycles. The summed E-state index contributed by atoms with van der Waals surface area (Å²) in [5.41, 5.74) is 1.90. The highest BCUT2D eigenvalue weighted by Gasteiger charge is 2.13. The third-order valence-corrected chi connectivity index (χ3v) is 3.75. The van der Waals surface area contributed by atoms with Crippen LogP contribution in [0.25, 0.3) is 0 Å². The SMILES string of the molecule is CCn1nc(C)cc1CC(=O)c1ccc(Cl)s1. The molecule has 0 radical (unpaired) electrons. The van der Waals surface area contributed by atoms with E-state index in [1.807, 2.05) is 24.6 Å². The van der Waals surface area contributed by atoms with Gasteiger partial charge >= 0.3 is 0 Å². The van der Waals surface area contributed by atoms with E-state index in [0.29, 0.717) is 15.6 Å². The molecule has 0 bridgehead atoms. The number of nitrogens with zero attached hydrogens (tertiary/aromatic N) is 2. The van der Waals surface area contributed by atoms with Crippen molar-refractivity contribution in [3.63, 3.8) is 0 Å². The van der Waals surface area contributed by atoms with E-state index in [1.165, 1.54) is 11.3 Å². The van der Waals surface area contributed by atoms with Crippen LogP contribution < -0.4 is 0 Å². The van der Waals surface area contributed by atoms with E-state index in [-0.39, 0.29) is 5.78 Å². The molecule has 0 unspecified atom stereocenters. The zero-order valence-electron chi connectivity index (χ0n) is 9.74. The first-order valence-electron chi connectivity index (χ1n) is 5.42. The lowest BCUT2D eigenvalue weighted by Gasteiger charge is -2.02. The Morgan fingerprint density at radius 2 is 2.29 bits per heavy atom. The molecule has 3 nitrogen and oxygen atoms in total. The minimum atomic E-state index is 0.0940. The Kier molecular flexibility index (Phi) is 3.64. The van der Waals surface area contributed by atoms with Crippen LogP contribution in [0.3, 0.4) is 0 Å². The maximum absolute atomic E-state index is 12.0. The van der Waals surface area contributed by atoms with Crippen LogP contribution in [0.4, 0.5) is 0 Å². The van der Waals surface area contributed by atoms with Gasteiger partial charge < -0.3 is 0 Å². The molecule has 0 saturated carbocycles. The first kappa shape index (κ1) is 12.3. The summed E-state index contributed by atoms with van der Waals surface area (Å²) in [5.74, 6) is 0.0940. The van der Waals surface area contributed by atoms with Gasteiger partial charge in [-0.3, -0.25) is 9.48 Å². The second-order valence-electron chi connectivity index (χ2n) is 3.80. The third kappa shape index (κ3) is 2.76. The summed E-state index contributed by atoms with van der Waals surface area (Å²) in [6.07, 6.45) is 0.380. The number of halogens is 1. The molecule has 2 aromatic heterocycles. The molecule has 17 heavy (non-hydrogen) atoms. The van der Waals surface area contributed by atoms with Crippen molar-refractivity contribution in [2.45, 2.75) is 26.8 Å². The first-order chi connectivity index (χ1) is 8.10. The lowest BCUT2D eigenvalue weighted by Crippen LogP contribution is -2.08. The van der Waals surface area contributed by atoms with Crippen LogP contribution >= 0.6 is 22.9 Å². The highest BCUT2D eigenvalue weighted by atomic mass is 35.5. The average molecular weight is 269 g/mol. The molecule has 0 aliphatic rings. The van der Waals surface area contributed by atoms with Gasteiger partial charge in [0.05, 0.1) is 21.3 Å². The van der Waals surface area contributed by atoms with Crippen molar-refractivity contribution in [2.75, 3.05) is 0 Å². The molecule has 0 aliphatic carbocycles. The molecule has 90 valence electrons. The standard InChI is InChI=1S/C12H13ClN2OS/c1-3-15-9(6-8(2)14-15)7-10(16)11-4-5-12(13)17-11/h4-6H,3,7H2,1-2H3. The number of carbonyl (C=O) groups excluding carboxylic acids is 1. The van der Waals surface area contributed by atoms with Gasteiger partial charge in [-0.25, -0.2) is 0 Å². The van der Waals surface area contributed by atoms with Gasteiger partial charge in [0.25, 0.3) is 0 Å². The van der Waals surface area contributed by atoms with Crippen LogP contribution in [0.5, 0.6) is 0 Å². The molecule has 5 heteroatoms. The Hall–Kier alpha value is -1.13. The lowest BCUT2D eigenvalue weighted by molar-refractivity contribution is 0.0994. The lowest BCUT2D eigenvalue weighted by atomic mass is 10.2. The number of Topliss-reactive ketones (excluding diaryl/α,β-unsaturated/α-hetero) is 1. The van der Waals surface area contributed by atoms with E-state index in [2.05, 4.69) is 5.10 Å². The summed E-state index contributed by atoms with van der Waals surface area (Å²) in [4.78, 5) is 12.7. The van der Waals surface area contributed by atoms with Crippen molar-refractivity contribution >= 4 is 28.7 Å². The normalized spacial score (nSPS) is 10.8. The first-order valence-corrected chi connectivity index (χ1v) is 6.61. The van der Waals surface area contributed by atoms with Crippen molar-refractivity contribution in [3.8, 4) is 0 Å². The van der Waals surface area contributed by atoms with E-state index >= 15 is 0 Å². The molecule has 0 aromatic carbocycles. The fraction of sp³-hybridized carbons (Fsp3) is 0.333. The van der Waals surface area contributed by atoms with Crippen molar-refractivity contribution in [1.82, 2.24) is 9.78 Å². The third-order valence-electron chi connectivity index (χ3n) is 2.47. The molecule has 0 spiro atoms. The maximum Gasteiger partial charge on any atom is 0.178 e. The summed E-state index contributed by atoms with van der Waals surface area (Å²) in [6.45, 7) is 4.73. The van der Waals surface area contributed by atoms with Gasteiger partial charge in [-0.15, -0.1) is 11.3 Å². The fourth-order valence-electron chi connectivity index (χ4n) is 1.73. The van der Waals surface area contributed by atoms with Gasteiger partial charge in [0.15, 0.2) is 5.78 Å². The Morgan fingerprint density at radius 3 is 2.88 bits per heavy atom. The van der Waals surface area contributed by atoms with Crippen LogP contribution in [0.15, 0.2) is 18.2 Å². The quantitative estimate of drug-likeness (QED) is 0.797. The van der Waals surface area contributed by atoms with Crippen LogP contribution in [0.2, 0.25) is 4.34 Å². The van der Waals surface area contributed by atoms with Crippen molar-refractivity contribution in [1.29, 1.82) is 0 Å². The molecule has 2 heterocycles. The molecule has 2 rings (SSSR count). The van der Waals surface area contributed by atoms with Crippen LogP contribution in [-0.2, 0) is 13.0 Å². The molecule has 0 N–H and O–H groups in total. The average Bonchev–Trinajstić information content (AvgIpc) is 2.85. The van der Waals surface area contributed by atoms with E-state index in [1.54, 1.807) is 12.1 Å². The molecule has 0 fully saturated rings. The zero-order chi connectivity index (χ0) is 12.4. The molecule has 2 aromatic rings. The van der Waals surface area contributed by atoms with Crippen molar-refractivity contribution in [2.24, 2.45) is 0 Å². The minimum absolute atomic E-state index is 0.0940. The number of thiophene rings is 1. The van der Waals surface area contributed by atoms with Gasteiger partial charge in [0.2, 0.25) is 0 Å². The highest BCUT2D eigenvalue weighted by molar-refractivity contribution is 7.18. The monoisotopic (exact) mass is 268 g/mol. The maximum atomic E-state index is 12.0. The second kappa shape index (κ2) is 5.02. The number of aromatic nitrogens is 2. The molecular weight excluding hydrogens is 256 g/mol. The summed E-state index contributed by atoms with van der Waals surface area (Å²) in [5, 5.41) is 4.32. The Bertz CT molecular complexity index is 544. The molecule has 0 atom stereocenters. The summed E-state index contributed by atoms with van der Waals surface area (Å²) in [7, 11) is 0. The number of ketones is 1. The van der Waals surface area contributed by atoms with E-state index in [4.69, 9.17) is 11.6 Å². The van der Waals surface area contributed by atoms with E-state index in [9.17, 15) is 4.79 Å². The van der Waals surface area contributed by atoms with Gasteiger partial charge in [-0.2, -0.15) is 5.10 Å². The number of hydrogen-bond donors (Lipinski definition) is 0. The van der Waals surface area contributed by atoms with E-state index < -0.39 is 0 Å². The van der Waals surface area contributed by atoms with Crippen LogP contribution in [-0.4, -0.2) is 15.6 Å². The molecular formula is C12H13ClN2OS. The van der Waals surface area contributed by atoms with Crippen LogP contribution in [0.1, 0.15) is 28.0 Å². The highest BCUT2D eigenvalue weighted by Crippen LogP contribution is 2.22. The van der Waals surface area contributed by atoms with Gasteiger partial charge in [-0.1, -0.05) is 11.6 Å². The van der Waals surface area contributed by atoms with Gasteiger partial charge in [0, 0.05) is 12.2 Å². The topological polar surface area (TPSA) is 34.9 Å². The van der Waals surface area contributed by atoms with Crippen molar-refractivity contribution in [3.05, 3.63) is 38.8 Å². The number of rotatable bonds is 4. The number of hydrogen-bond acceptors (Lipinski definition) is 3. The second-order valence-corrected chi connectivity index (χ2v) is 5.51. The number of aryl methyl sites for hydroxylation is 2. The predicted molar refractivity (Wildman–Crippen MR) is 70.0 cm³/mol. The van der Waals surface area contributed by atoms with E-state index in [0.717, 1.165) is 17.9 Å². The zero-order valence-corrected chi connectivity index (χ0v) is 11.3. The predicted octanol–water partition coefficient (Wildman–Crippen LogP) is 3.35. The molecule has 0 aliphatic heterocycles. The van der Waals surface area contributed by atoms with Gasteiger partial charge in [-0.05, 0) is 32.0 Å². The molecule has 0 amide bonds. The minimum Gasteiger partial charge on any atom is -0.293 e. The Balaban J connectivity index is 2.18.